The zero-order chi connectivity index (χ0) is 21.3. The molecule has 1 unspecified atom stereocenters. The largest absolute Gasteiger partial charge is 0.350 e. The van der Waals surface area contributed by atoms with Gasteiger partial charge >= 0.3 is 0 Å². The van der Waals surface area contributed by atoms with Crippen molar-refractivity contribution >= 4 is 11.8 Å². The number of hydrogen-bond donors (Lipinski definition) is 2. The average Bonchev–Trinajstić information content (AvgIpc) is 3.24. The highest BCUT2D eigenvalue weighted by Crippen LogP contribution is 2.15. The fourth-order valence-electron chi connectivity index (χ4n) is 3.27. The van der Waals surface area contributed by atoms with Crippen LogP contribution in [0.4, 0.5) is 0 Å². The number of nitrogens with zero attached hydrogens (tertiary/aromatic N) is 2. The van der Waals surface area contributed by atoms with Gasteiger partial charge in [0, 0.05) is 25.4 Å². The van der Waals surface area contributed by atoms with Gasteiger partial charge in [-0.1, -0.05) is 68.4 Å². The van der Waals surface area contributed by atoms with Crippen LogP contribution in [-0.4, -0.2) is 21.6 Å². The van der Waals surface area contributed by atoms with Crippen LogP contribution in [0.3, 0.4) is 0 Å². The number of carbonyl (C=O) groups is 2. The Morgan fingerprint density at radius 3 is 2.33 bits per heavy atom. The van der Waals surface area contributed by atoms with E-state index in [2.05, 4.69) is 15.7 Å². The van der Waals surface area contributed by atoms with Gasteiger partial charge < -0.3 is 10.6 Å². The highest BCUT2D eigenvalue weighted by Gasteiger charge is 2.23. The van der Waals surface area contributed by atoms with Crippen LogP contribution < -0.4 is 10.6 Å². The van der Waals surface area contributed by atoms with Crippen LogP contribution in [0, 0.1) is 5.92 Å². The van der Waals surface area contributed by atoms with Gasteiger partial charge in [0.1, 0.15) is 6.04 Å². The van der Waals surface area contributed by atoms with E-state index in [0.717, 1.165) is 16.7 Å². The van der Waals surface area contributed by atoms with E-state index < -0.39 is 6.04 Å². The first-order chi connectivity index (χ1) is 14.5. The monoisotopic (exact) mass is 404 g/mol. The fraction of sp³-hybridized carbons (Fsp3) is 0.292. The van der Waals surface area contributed by atoms with Crippen LogP contribution >= 0.6 is 0 Å². The predicted molar refractivity (Wildman–Crippen MR) is 116 cm³/mol. The van der Waals surface area contributed by atoms with E-state index >= 15 is 0 Å². The Labute approximate surface area is 177 Å². The molecule has 156 valence electrons. The van der Waals surface area contributed by atoms with Crippen molar-refractivity contribution in [1.29, 1.82) is 0 Å². The molecule has 30 heavy (non-hydrogen) atoms. The maximum Gasteiger partial charge on any atom is 0.247 e. The minimum absolute atomic E-state index is 0.131. The topological polar surface area (TPSA) is 76.0 Å². The molecule has 0 saturated carbocycles. The fourth-order valence-corrected chi connectivity index (χ4v) is 3.27. The summed E-state index contributed by atoms with van der Waals surface area (Å²) in [5.41, 5.74) is 2.86. The summed E-state index contributed by atoms with van der Waals surface area (Å²) < 4.78 is 1.85. The van der Waals surface area contributed by atoms with Gasteiger partial charge in [0.05, 0.1) is 6.54 Å². The summed E-state index contributed by atoms with van der Waals surface area (Å²) in [6, 6.07) is 18.4. The minimum atomic E-state index is -0.726. The van der Waals surface area contributed by atoms with Crippen LogP contribution in [0.5, 0.6) is 0 Å². The predicted octanol–water partition coefficient (Wildman–Crippen LogP) is 3.45. The molecule has 0 fully saturated rings. The maximum absolute atomic E-state index is 13.0. The van der Waals surface area contributed by atoms with E-state index in [4.69, 9.17) is 0 Å². The minimum Gasteiger partial charge on any atom is -0.350 e. The molecule has 1 atom stereocenters. The second-order valence-corrected chi connectivity index (χ2v) is 7.70. The normalized spacial score (nSPS) is 11.8. The third kappa shape index (κ3) is 6.04. The molecule has 0 aliphatic heterocycles. The van der Waals surface area contributed by atoms with E-state index in [1.54, 1.807) is 6.20 Å². The van der Waals surface area contributed by atoms with Gasteiger partial charge in [0.15, 0.2) is 0 Å². The lowest BCUT2D eigenvalue weighted by atomic mass is 10.0. The second-order valence-electron chi connectivity index (χ2n) is 7.70. The number of amides is 2. The Bertz CT molecular complexity index is 952. The Kier molecular flexibility index (Phi) is 7.38. The van der Waals surface area contributed by atoms with Crippen LogP contribution in [0.25, 0.3) is 0 Å². The summed E-state index contributed by atoms with van der Waals surface area (Å²) in [4.78, 5) is 25.4. The van der Waals surface area contributed by atoms with Crippen molar-refractivity contribution in [2.75, 3.05) is 0 Å². The van der Waals surface area contributed by atoms with Gasteiger partial charge in [0.2, 0.25) is 11.8 Å². The van der Waals surface area contributed by atoms with Crippen molar-refractivity contribution in [3.8, 4) is 0 Å². The number of nitrogens with one attached hydrogen (secondary N) is 2. The first-order valence-electron chi connectivity index (χ1n) is 10.2. The van der Waals surface area contributed by atoms with Crippen LogP contribution in [0.15, 0.2) is 73.1 Å². The molecule has 2 N–H and O–H groups in total. The molecule has 0 spiro atoms. The quantitative estimate of drug-likeness (QED) is 0.574. The van der Waals surface area contributed by atoms with Crippen molar-refractivity contribution in [3.63, 3.8) is 0 Å². The summed E-state index contributed by atoms with van der Waals surface area (Å²) in [5, 5.41) is 10.1. The van der Waals surface area contributed by atoms with Gasteiger partial charge in [0.25, 0.3) is 0 Å². The first kappa shape index (κ1) is 21.3. The molecule has 1 aromatic heterocycles. The molecular formula is C24H28N4O2. The molecule has 3 aromatic rings. The Hall–Kier alpha value is -3.41. The van der Waals surface area contributed by atoms with Crippen LogP contribution in [0.2, 0.25) is 0 Å². The number of rotatable bonds is 9. The van der Waals surface area contributed by atoms with E-state index in [-0.39, 0.29) is 17.7 Å². The number of benzene rings is 2. The summed E-state index contributed by atoms with van der Waals surface area (Å²) in [6.45, 7) is 4.97. The molecule has 3 rings (SSSR count). The lowest BCUT2D eigenvalue weighted by Gasteiger charge is -2.20. The summed E-state index contributed by atoms with van der Waals surface area (Å²) in [5.74, 6) is -0.140. The van der Waals surface area contributed by atoms with Crippen molar-refractivity contribution in [2.45, 2.75) is 39.4 Å². The number of carbonyl (C=O) groups excluding carboxylic acids is 2. The molecule has 6 nitrogen and oxygen atoms in total. The SMILES string of the molecule is CC(C)CC(=O)NC(C(=O)NCc1ccccc1Cn1cccn1)c1ccccc1. The Morgan fingerprint density at radius 2 is 1.67 bits per heavy atom. The molecule has 0 aliphatic rings. The summed E-state index contributed by atoms with van der Waals surface area (Å²) >= 11 is 0. The zero-order valence-corrected chi connectivity index (χ0v) is 17.4. The third-order valence-corrected chi connectivity index (χ3v) is 4.76. The van der Waals surface area contributed by atoms with Crippen LogP contribution in [0.1, 0.15) is 43.0 Å². The van der Waals surface area contributed by atoms with Gasteiger partial charge in [-0.25, -0.2) is 0 Å². The third-order valence-electron chi connectivity index (χ3n) is 4.76. The van der Waals surface area contributed by atoms with Crippen LogP contribution in [-0.2, 0) is 22.7 Å². The molecule has 0 radical (unpaired) electrons. The first-order valence-corrected chi connectivity index (χ1v) is 10.2. The van der Waals surface area contributed by atoms with Crippen molar-refractivity contribution in [3.05, 3.63) is 89.7 Å². The molecule has 0 saturated heterocycles. The second kappa shape index (κ2) is 10.4. The van der Waals surface area contributed by atoms with Gasteiger partial charge in [-0.3, -0.25) is 14.3 Å². The molecule has 2 amide bonds. The molecule has 2 aromatic carbocycles. The summed E-state index contributed by atoms with van der Waals surface area (Å²) in [6.07, 6.45) is 4.03. The van der Waals surface area contributed by atoms with Crippen molar-refractivity contribution in [2.24, 2.45) is 5.92 Å². The Balaban J connectivity index is 1.71. The van der Waals surface area contributed by atoms with Gasteiger partial charge in [-0.15, -0.1) is 0 Å². The van der Waals surface area contributed by atoms with Crippen molar-refractivity contribution < 1.29 is 9.59 Å². The van der Waals surface area contributed by atoms with E-state index in [1.165, 1.54) is 0 Å². The van der Waals surface area contributed by atoms with Gasteiger partial charge in [-0.05, 0) is 28.7 Å². The summed E-state index contributed by atoms with van der Waals surface area (Å²) in [7, 11) is 0. The van der Waals surface area contributed by atoms with Gasteiger partial charge in [-0.2, -0.15) is 5.10 Å². The van der Waals surface area contributed by atoms with E-state index in [1.807, 2.05) is 85.4 Å². The molecular weight excluding hydrogens is 376 g/mol. The molecule has 0 aliphatic carbocycles. The zero-order valence-electron chi connectivity index (χ0n) is 17.4. The standard InChI is InChI=1S/C24H28N4O2/c1-18(2)15-22(29)27-23(19-9-4-3-5-10-19)24(30)25-16-20-11-6-7-12-21(20)17-28-14-8-13-26-28/h3-14,18,23H,15-17H2,1-2H3,(H,25,30)(H,27,29). The van der Waals surface area contributed by atoms with E-state index in [9.17, 15) is 9.59 Å². The number of hydrogen-bond acceptors (Lipinski definition) is 3. The maximum atomic E-state index is 13.0. The van der Waals surface area contributed by atoms with E-state index in [0.29, 0.717) is 19.5 Å². The molecule has 1 heterocycles. The highest BCUT2D eigenvalue weighted by molar-refractivity contribution is 5.88. The Morgan fingerprint density at radius 1 is 0.967 bits per heavy atom. The number of aromatic nitrogens is 2. The van der Waals surface area contributed by atoms with Crippen molar-refractivity contribution in [1.82, 2.24) is 20.4 Å². The highest BCUT2D eigenvalue weighted by atomic mass is 16.2. The average molecular weight is 405 g/mol. The molecule has 6 heteroatoms. The smallest absolute Gasteiger partial charge is 0.247 e. The lowest BCUT2D eigenvalue weighted by molar-refractivity contribution is -0.129. The lowest BCUT2D eigenvalue weighted by Crippen LogP contribution is -2.40. The molecule has 0 bridgehead atoms.